The highest BCUT2D eigenvalue weighted by molar-refractivity contribution is 7.22. The molecular formula is C53H53N9O7S. The molecule has 1 unspecified atom stereocenters. The number of carboxylic acid groups (broad SMARTS) is 1. The van der Waals surface area contributed by atoms with E-state index >= 15 is 0 Å². The predicted octanol–water partition coefficient (Wildman–Crippen LogP) is 7.76. The number of imide groups is 1. The molecule has 0 bridgehead atoms. The maximum atomic E-state index is 13.6. The maximum absolute atomic E-state index is 13.6. The van der Waals surface area contributed by atoms with Crippen LogP contribution in [-0.4, -0.2) is 95.1 Å². The molecule has 0 radical (unpaired) electrons. The Bertz CT molecular complexity index is 3070. The minimum atomic E-state index is -1.13. The van der Waals surface area contributed by atoms with E-state index in [4.69, 9.17) is 15.1 Å². The van der Waals surface area contributed by atoms with Crippen LogP contribution in [0.2, 0.25) is 0 Å². The highest BCUT2D eigenvalue weighted by Crippen LogP contribution is 2.53. The van der Waals surface area contributed by atoms with Crippen LogP contribution in [0.25, 0.3) is 21.3 Å². The lowest BCUT2D eigenvalue weighted by atomic mass is 9.57. The summed E-state index contributed by atoms with van der Waals surface area (Å²) in [6.45, 7) is 5.46. The zero-order valence-corrected chi connectivity index (χ0v) is 39.7. The number of hydrogen-bond acceptors (Lipinski definition) is 13. The van der Waals surface area contributed by atoms with Gasteiger partial charge in [0.1, 0.15) is 11.6 Å². The topological polar surface area (TPSA) is 219 Å². The van der Waals surface area contributed by atoms with Gasteiger partial charge in [-0.25, -0.2) is 14.8 Å². The van der Waals surface area contributed by atoms with Gasteiger partial charge in [-0.1, -0.05) is 47.7 Å². The number of ether oxygens (including phenoxy) is 1. The number of carboxylic acids is 1. The Hall–Kier alpha value is -7.50. The van der Waals surface area contributed by atoms with Crippen molar-refractivity contribution in [2.75, 3.05) is 60.7 Å². The Kier molecular flexibility index (Phi) is 12.6. The van der Waals surface area contributed by atoms with Crippen LogP contribution in [0.15, 0.2) is 91.0 Å². The fourth-order valence-corrected chi connectivity index (χ4v) is 11.6. The maximum Gasteiger partial charge on any atom is 0.355 e. The number of amides is 4. The van der Waals surface area contributed by atoms with Crippen molar-refractivity contribution >= 4 is 79.2 Å². The molecule has 1 aliphatic carbocycles. The van der Waals surface area contributed by atoms with Crippen molar-refractivity contribution in [2.24, 2.45) is 17.3 Å². The van der Waals surface area contributed by atoms with Crippen molar-refractivity contribution < 1.29 is 33.8 Å². The summed E-state index contributed by atoms with van der Waals surface area (Å²) in [6, 6.07) is 28.0. The number of likely N-dealkylation sites (tertiary alicyclic amines) is 1. The first-order valence-corrected chi connectivity index (χ1v) is 24.4. The van der Waals surface area contributed by atoms with E-state index in [1.165, 1.54) is 11.3 Å². The van der Waals surface area contributed by atoms with Gasteiger partial charge in [0.2, 0.25) is 17.7 Å². The van der Waals surface area contributed by atoms with E-state index < -0.39 is 17.8 Å². The van der Waals surface area contributed by atoms with Gasteiger partial charge in [-0.2, -0.15) is 0 Å². The summed E-state index contributed by atoms with van der Waals surface area (Å²) in [5, 5.41) is 31.0. The number of nitrogens with zero attached hydrogens (tertiary/aromatic N) is 4. The van der Waals surface area contributed by atoms with Crippen molar-refractivity contribution in [3.05, 3.63) is 125 Å². The number of fused-ring (bicyclic) bond motifs is 2. The number of para-hydroxylation sites is 1. The fourth-order valence-electron chi connectivity index (χ4n) is 10.7. The van der Waals surface area contributed by atoms with Crippen LogP contribution in [0.1, 0.15) is 75.2 Å². The summed E-state index contributed by atoms with van der Waals surface area (Å²) in [5.74, 6) is -1.27. The van der Waals surface area contributed by atoms with Crippen molar-refractivity contribution in [3.63, 3.8) is 0 Å². The van der Waals surface area contributed by atoms with Crippen LogP contribution in [0.4, 0.5) is 22.3 Å². The van der Waals surface area contributed by atoms with E-state index in [1.54, 1.807) is 25.2 Å². The Labute approximate surface area is 408 Å². The van der Waals surface area contributed by atoms with Gasteiger partial charge in [0, 0.05) is 67.7 Å². The van der Waals surface area contributed by atoms with E-state index in [0.717, 1.165) is 64.8 Å². The zero-order valence-electron chi connectivity index (χ0n) is 38.9. The lowest BCUT2D eigenvalue weighted by Gasteiger charge is -2.59. The minimum Gasteiger partial charge on any atom is -0.493 e. The van der Waals surface area contributed by atoms with E-state index in [0.29, 0.717) is 76.8 Å². The smallest absolute Gasteiger partial charge is 0.355 e. The molecule has 2 aromatic heterocycles. The van der Waals surface area contributed by atoms with Crippen LogP contribution >= 0.6 is 11.3 Å². The average Bonchev–Trinajstić information content (AvgIpc) is 3.74. The average molecular weight is 960 g/mol. The summed E-state index contributed by atoms with van der Waals surface area (Å²) >= 11 is 1.42. The number of rotatable bonds is 15. The number of benzene rings is 4. The van der Waals surface area contributed by atoms with Crippen molar-refractivity contribution in [3.8, 4) is 16.9 Å². The second kappa shape index (κ2) is 19.1. The quantitative estimate of drug-likeness (QED) is 0.0430. The minimum absolute atomic E-state index is 0.0556. The lowest BCUT2D eigenvalue weighted by Crippen LogP contribution is -2.63. The second-order valence-corrected chi connectivity index (χ2v) is 19.9. The van der Waals surface area contributed by atoms with Crippen molar-refractivity contribution in [1.82, 2.24) is 20.2 Å². The van der Waals surface area contributed by atoms with E-state index in [9.17, 15) is 29.1 Å². The molecule has 17 heteroatoms. The number of carbonyl (C=O) groups excluding carboxylic acids is 4. The van der Waals surface area contributed by atoms with Gasteiger partial charge in [0.25, 0.3) is 5.91 Å². The molecule has 3 aliphatic heterocycles. The van der Waals surface area contributed by atoms with Crippen LogP contribution in [-0.2, 0) is 27.3 Å². The zero-order chi connectivity index (χ0) is 48.7. The molecule has 1 atom stereocenters. The molecule has 4 aromatic carbocycles. The molecular weight excluding hydrogens is 907 g/mol. The number of anilines is 4. The summed E-state index contributed by atoms with van der Waals surface area (Å²) in [4.78, 5) is 76.9. The number of thiazole rings is 1. The third kappa shape index (κ3) is 9.33. The molecule has 10 rings (SSSR count). The molecule has 3 fully saturated rings. The second-order valence-electron chi connectivity index (χ2n) is 18.9. The SMILES string of the molecule is CNc1cc(NC(=O)CN2CC3(CC(CCOc4cccc(-c5ccc(N6CCc7cccc(C(=O)Nc8nc9ccccc9s8)c7C6)nc5C(=O)O)c4C)C3)C2)ccc1C(=N)C1CCC(=O)NC1=O. The first-order chi connectivity index (χ1) is 33.8. The van der Waals surface area contributed by atoms with Crippen LogP contribution < -0.4 is 30.9 Å². The number of carbonyl (C=O) groups is 5. The third-order valence-electron chi connectivity index (χ3n) is 14.2. The molecule has 358 valence electrons. The van der Waals surface area contributed by atoms with Gasteiger partial charge in [-0.05, 0) is 127 Å². The molecule has 2 saturated heterocycles. The van der Waals surface area contributed by atoms with Gasteiger partial charge in [0.15, 0.2) is 10.8 Å². The monoisotopic (exact) mass is 959 g/mol. The molecule has 6 aromatic rings. The van der Waals surface area contributed by atoms with E-state index in [1.807, 2.05) is 84.6 Å². The first-order valence-electron chi connectivity index (χ1n) is 23.6. The van der Waals surface area contributed by atoms with Gasteiger partial charge in [-0.3, -0.25) is 34.7 Å². The van der Waals surface area contributed by atoms with E-state index in [2.05, 4.69) is 31.2 Å². The Balaban J connectivity index is 0.707. The molecule has 4 amide bonds. The normalized spacial score (nSPS) is 17.5. The summed E-state index contributed by atoms with van der Waals surface area (Å²) in [7, 11) is 1.72. The fraction of sp³-hybridized carbons (Fsp3) is 0.321. The van der Waals surface area contributed by atoms with Crippen molar-refractivity contribution in [1.29, 1.82) is 5.41 Å². The molecule has 4 aliphatic rings. The molecule has 1 spiro atoms. The number of nitrogens with one attached hydrogen (secondary N) is 5. The van der Waals surface area contributed by atoms with Gasteiger partial charge >= 0.3 is 5.97 Å². The Morgan fingerprint density at radius 3 is 2.53 bits per heavy atom. The summed E-state index contributed by atoms with van der Waals surface area (Å²) < 4.78 is 7.33. The summed E-state index contributed by atoms with van der Waals surface area (Å²) in [6.07, 6.45) is 4.18. The van der Waals surface area contributed by atoms with Crippen LogP contribution in [0.3, 0.4) is 0 Å². The Morgan fingerprint density at radius 1 is 0.929 bits per heavy atom. The van der Waals surface area contributed by atoms with E-state index in [-0.39, 0.29) is 53.9 Å². The number of aromatic carboxylic acids is 1. The first kappa shape index (κ1) is 46.2. The third-order valence-corrected chi connectivity index (χ3v) is 15.1. The number of hydrogen-bond donors (Lipinski definition) is 6. The van der Waals surface area contributed by atoms with Crippen LogP contribution in [0, 0.1) is 29.6 Å². The Morgan fingerprint density at radius 2 is 1.74 bits per heavy atom. The number of pyridine rings is 1. The number of aromatic nitrogens is 2. The van der Waals surface area contributed by atoms with Crippen molar-refractivity contribution in [2.45, 2.75) is 52.0 Å². The highest BCUT2D eigenvalue weighted by atomic mass is 32.1. The molecule has 70 heavy (non-hydrogen) atoms. The predicted molar refractivity (Wildman–Crippen MR) is 269 cm³/mol. The number of piperidine rings is 1. The molecule has 5 heterocycles. The lowest BCUT2D eigenvalue weighted by molar-refractivity contribution is -0.134. The highest BCUT2D eigenvalue weighted by Gasteiger charge is 2.52. The van der Waals surface area contributed by atoms with Crippen LogP contribution in [0.5, 0.6) is 5.75 Å². The van der Waals surface area contributed by atoms with Gasteiger partial charge in [-0.15, -0.1) is 0 Å². The molecule has 1 saturated carbocycles. The molecule has 6 N–H and O–H groups in total. The molecule has 16 nitrogen and oxygen atoms in total. The summed E-state index contributed by atoms with van der Waals surface area (Å²) in [5.41, 5.74) is 7.43. The largest absolute Gasteiger partial charge is 0.493 e. The van der Waals surface area contributed by atoms with Gasteiger partial charge in [0.05, 0.1) is 35.0 Å². The van der Waals surface area contributed by atoms with Gasteiger partial charge < -0.3 is 30.8 Å². The standard InChI is InChI=1S/C53H53N9O7S/c1-30-34(35-15-17-44(58-48(35)51(67)68)62-21-19-32-7-5-9-36(39(32)26-62)49(65)60-52-57-40-10-3-4-12-43(40)70-52)8-6-11-42(30)69-22-20-31-24-53(25-31)28-61(29-53)27-46(64)56-33-13-14-37(41(23-33)55-2)47(54)38-16-18-45(63)59-50(38)66/h3-15,17,23,31,38,54-55H,16,18-22,24-29H2,1-2H3,(H,56,64)(H,67,68)(H,57,60,65)(H,59,63,66).